The van der Waals surface area contributed by atoms with Crippen LogP contribution in [0.25, 0.3) is 0 Å². The Morgan fingerprint density at radius 3 is 2.47 bits per heavy atom. The van der Waals surface area contributed by atoms with E-state index in [1.807, 2.05) is 37.3 Å². The van der Waals surface area contributed by atoms with Crippen LogP contribution in [0.5, 0.6) is 0 Å². The molecular formula is C16H25NO2. The van der Waals surface area contributed by atoms with E-state index in [2.05, 4.69) is 26.1 Å². The first-order valence-corrected chi connectivity index (χ1v) is 6.88. The van der Waals surface area contributed by atoms with Gasteiger partial charge in [0.2, 0.25) is 0 Å². The van der Waals surface area contributed by atoms with E-state index in [9.17, 15) is 4.79 Å². The van der Waals surface area contributed by atoms with E-state index >= 15 is 0 Å². The highest BCUT2D eigenvalue weighted by Crippen LogP contribution is 2.16. The van der Waals surface area contributed by atoms with Crippen molar-refractivity contribution in [3.63, 3.8) is 0 Å². The summed E-state index contributed by atoms with van der Waals surface area (Å²) >= 11 is 0. The van der Waals surface area contributed by atoms with Gasteiger partial charge in [-0.05, 0) is 46.2 Å². The molecule has 1 rings (SSSR count). The van der Waals surface area contributed by atoms with Crippen molar-refractivity contribution in [1.82, 2.24) is 5.32 Å². The van der Waals surface area contributed by atoms with Crippen molar-refractivity contribution >= 4 is 5.97 Å². The summed E-state index contributed by atoms with van der Waals surface area (Å²) in [7, 11) is 0. The maximum Gasteiger partial charge on any atom is 0.306 e. The molecule has 0 aliphatic heterocycles. The van der Waals surface area contributed by atoms with Crippen molar-refractivity contribution in [2.45, 2.75) is 52.2 Å². The van der Waals surface area contributed by atoms with Gasteiger partial charge in [-0.25, -0.2) is 0 Å². The second-order valence-electron chi connectivity index (χ2n) is 5.82. The van der Waals surface area contributed by atoms with Gasteiger partial charge in [0, 0.05) is 12.0 Å². The summed E-state index contributed by atoms with van der Waals surface area (Å²) in [5.74, 6) is -0.132. The third-order valence-electron chi connectivity index (χ3n) is 2.79. The molecule has 1 N–H and O–H groups in total. The molecule has 1 unspecified atom stereocenters. The topological polar surface area (TPSA) is 38.3 Å². The summed E-state index contributed by atoms with van der Waals surface area (Å²) in [4.78, 5) is 11.7. The van der Waals surface area contributed by atoms with Crippen molar-refractivity contribution in [3.8, 4) is 0 Å². The lowest BCUT2D eigenvalue weighted by Crippen LogP contribution is -2.36. The zero-order valence-corrected chi connectivity index (χ0v) is 12.4. The second kappa shape index (κ2) is 7.29. The van der Waals surface area contributed by atoms with Gasteiger partial charge in [-0.2, -0.15) is 0 Å². The maximum absolute atomic E-state index is 11.7. The molecule has 0 bridgehead atoms. The minimum atomic E-state index is -0.177. The van der Waals surface area contributed by atoms with Crippen LogP contribution in [0.2, 0.25) is 0 Å². The third-order valence-corrected chi connectivity index (χ3v) is 2.79. The van der Waals surface area contributed by atoms with Crippen LogP contribution in [-0.2, 0) is 9.53 Å². The highest BCUT2D eigenvalue weighted by molar-refractivity contribution is 5.69. The Kier molecular flexibility index (Phi) is 6.03. The number of esters is 1. The normalized spacial score (nSPS) is 13.1. The van der Waals surface area contributed by atoms with Gasteiger partial charge in [0.25, 0.3) is 0 Å². The fourth-order valence-electron chi connectivity index (χ4n) is 1.74. The molecule has 0 fully saturated rings. The Morgan fingerprint density at radius 2 is 1.89 bits per heavy atom. The first-order valence-electron chi connectivity index (χ1n) is 6.88. The number of nitrogens with one attached hydrogen (secondary N) is 1. The smallest absolute Gasteiger partial charge is 0.306 e. The zero-order chi connectivity index (χ0) is 14.3. The summed E-state index contributed by atoms with van der Waals surface area (Å²) < 4.78 is 5.40. The van der Waals surface area contributed by atoms with Crippen LogP contribution in [0, 0.1) is 0 Å². The number of hydrogen-bond acceptors (Lipinski definition) is 3. The molecule has 0 saturated carbocycles. The van der Waals surface area contributed by atoms with Gasteiger partial charge in [-0.1, -0.05) is 30.3 Å². The highest BCUT2D eigenvalue weighted by Gasteiger charge is 2.12. The Labute approximate surface area is 116 Å². The number of hydrogen-bond donors (Lipinski definition) is 1. The van der Waals surface area contributed by atoms with Crippen LogP contribution in [0.15, 0.2) is 30.3 Å². The van der Waals surface area contributed by atoms with Crippen molar-refractivity contribution < 1.29 is 9.53 Å². The lowest BCUT2D eigenvalue weighted by atomic mass is 10.1. The number of benzene rings is 1. The molecule has 0 saturated heterocycles. The summed E-state index contributed by atoms with van der Waals surface area (Å²) in [6.07, 6.45) is 1.09. The van der Waals surface area contributed by atoms with Gasteiger partial charge in [-0.3, -0.25) is 4.79 Å². The minimum Gasteiger partial charge on any atom is -0.458 e. The standard InChI is InChI=1S/C16H25NO2/c1-13(14-9-6-5-7-10-14)19-15(18)11-8-12-17-16(2,3)4/h5-7,9-10,13,17H,8,11-12H2,1-4H3. The van der Waals surface area contributed by atoms with Gasteiger partial charge in [-0.15, -0.1) is 0 Å². The van der Waals surface area contributed by atoms with Gasteiger partial charge in [0.15, 0.2) is 0 Å². The molecular weight excluding hydrogens is 238 g/mol. The van der Waals surface area contributed by atoms with Crippen molar-refractivity contribution in [2.75, 3.05) is 6.54 Å². The van der Waals surface area contributed by atoms with Crippen LogP contribution in [0.1, 0.15) is 52.2 Å². The lowest BCUT2D eigenvalue weighted by Gasteiger charge is -2.20. The van der Waals surface area contributed by atoms with Crippen LogP contribution >= 0.6 is 0 Å². The number of carbonyl (C=O) groups excluding carboxylic acids is 1. The average molecular weight is 263 g/mol. The van der Waals surface area contributed by atoms with Crippen LogP contribution in [0.3, 0.4) is 0 Å². The fourth-order valence-corrected chi connectivity index (χ4v) is 1.74. The molecule has 0 amide bonds. The van der Waals surface area contributed by atoms with Crippen molar-refractivity contribution in [2.24, 2.45) is 0 Å². The van der Waals surface area contributed by atoms with E-state index in [0.29, 0.717) is 6.42 Å². The van der Waals surface area contributed by atoms with Gasteiger partial charge in [0.1, 0.15) is 6.10 Å². The zero-order valence-electron chi connectivity index (χ0n) is 12.4. The van der Waals surface area contributed by atoms with Gasteiger partial charge in [0.05, 0.1) is 0 Å². The van der Waals surface area contributed by atoms with Crippen LogP contribution in [-0.4, -0.2) is 18.1 Å². The predicted octanol–water partition coefficient (Wildman–Crippen LogP) is 3.46. The SMILES string of the molecule is CC(OC(=O)CCCNC(C)(C)C)c1ccccc1. The van der Waals surface area contributed by atoms with Crippen molar-refractivity contribution in [3.05, 3.63) is 35.9 Å². The number of rotatable bonds is 6. The summed E-state index contributed by atoms with van der Waals surface area (Å²) in [6.45, 7) is 9.08. The lowest BCUT2D eigenvalue weighted by molar-refractivity contribution is -0.148. The van der Waals surface area contributed by atoms with E-state index in [0.717, 1.165) is 18.5 Å². The minimum absolute atomic E-state index is 0.0984. The summed E-state index contributed by atoms with van der Waals surface area (Å²) in [6, 6.07) is 9.80. The molecule has 1 atom stereocenters. The molecule has 0 aliphatic carbocycles. The third kappa shape index (κ3) is 6.97. The fraction of sp³-hybridized carbons (Fsp3) is 0.562. The van der Waals surface area contributed by atoms with E-state index in [1.165, 1.54) is 0 Å². The second-order valence-corrected chi connectivity index (χ2v) is 5.82. The molecule has 0 aromatic heterocycles. The molecule has 0 radical (unpaired) electrons. The Balaban J connectivity index is 2.24. The molecule has 3 heteroatoms. The Bertz CT molecular complexity index is 381. The first kappa shape index (κ1) is 15.7. The van der Waals surface area contributed by atoms with Crippen LogP contribution in [0.4, 0.5) is 0 Å². The Morgan fingerprint density at radius 1 is 1.26 bits per heavy atom. The van der Waals surface area contributed by atoms with Crippen molar-refractivity contribution in [1.29, 1.82) is 0 Å². The molecule has 1 aromatic rings. The summed E-state index contributed by atoms with van der Waals surface area (Å²) in [5.41, 5.74) is 1.13. The molecule has 3 nitrogen and oxygen atoms in total. The Hall–Kier alpha value is -1.35. The van der Waals surface area contributed by atoms with Gasteiger partial charge >= 0.3 is 5.97 Å². The van der Waals surface area contributed by atoms with Crippen LogP contribution < -0.4 is 5.32 Å². The highest BCUT2D eigenvalue weighted by atomic mass is 16.5. The largest absolute Gasteiger partial charge is 0.458 e. The molecule has 0 spiro atoms. The quantitative estimate of drug-likeness (QED) is 0.631. The van der Waals surface area contributed by atoms with Gasteiger partial charge < -0.3 is 10.1 Å². The number of ether oxygens (including phenoxy) is 1. The van der Waals surface area contributed by atoms with E-state index in [1.54, 1.807) is 0 Å². The number of carbonyl (C=O) groups is 1. The maximum atomic E-state index is 11.7. The first-order chi connectivity index (χ1) is 8.88. The van der Waals surface area contributed by atoms with E-state index in [-0.39, 0.29) is 17.6 Å². The monoisotopic (exact) mass is 263 g/mol. The molecule has 0 aliphatic rings. The predicted molar refractivity (Wildman–Crippen MR) is 77.9 cm³/mol. The average Bonchev–Trinajstić information content (AvgIpc) is 2.34. The van der Waals surface area contributed by atoms with E-state index < -0.39 is 0 Å². The van der Waals surface area contributed by atoms with E-state index in [4.69, 9.17) is 4.74 Å². The molecule has 0 heterocycles. The molecule has 19 heavy (non-hydrogen) atoms. The summed E-state index contributed by atoms with van der Waals surface area (Å²) in [5, 5.41) is 3.35. The molecule has 1 aromatic carbocycles. The molecule has 106 valence electrons.